The molecule has 1 aliphatic rings. The Balaban J connectivity index is 2.34. The van der Waals surface area contributed by atoms with Crippen LogP contribution in [0.3, 0.4) is 0 Å². The van der Waals surface area contributed by atoms with Gasteiger partial charge in [0.1, 0.15) is 0 Å². The van der Waals surface area contributed by atoms with E-state index in [-0.39, 0.29) is 17.4 Å². The Kier molecular flexibility index (Phi) is 6.80. The molecule has 2 unspecified atom stereocenters. The van der Waals surface area contributed by atoms with E-state index >= 15 is 0 Å². The number of amides is 1. The maximum absolute atomic E-state index is 12.2. The SMILES string of the molecule is CCCN(CC)CCNC(=O)C1CCCCC1(C)N. The zero-order chi connectivity index (χ0) is 14.3. The minimum atomic E-state index is -0.323. The molecular formula is C15H31N3O. The topological polar surface area (TPSA) is 58.4 Å². The van der Waals surface area contributed by atoms with Gasteiger partial charge in [0.2, 0.25) is 5.91 Å². The standard InChI is InChI=1S/C15H31N3O/c1-4-11-18(5-2)12-10-17-14(19)13-8-6-7-9-15(13,3)16/h13H,4-12,16H2,1-3H3,(H,17,19). The molecule has 0 aromatic heterocycles. The van der Waals surface area contributed by atoms with Gasteiger partial charge in [0.15, 0.2) is 0 Å². The van der Waals surface area contributed by atoms with E-state index in [4.69, 9.17) is 5.73 Å². The fourth-order valence-electron chi connectivity index (χ4n) is 2.99. The number of nitrogens with one attached hydrogen (secondary N) is 1. The summed E-state index contributed by atoms with van der Waals surface area (Å²) in [5, 5.41) is 3.07. The molecule has 0 heterocycles. The van der Waals surface area contributed by atoms with Crippen LogP contribution < -0.4 is 11.1 Å². The van der Waals surface area contributed by atoms with Gasteiger partial charge in [0, 0.05) is 18.6 Å². The zero-order valence-electron chi connectivity index (χ0n) is 12.9. The molecule has 0 aromatic rings. The molecule has 1 amide bonds. The summed E-state index contributed by atoms with van der Waals surface area (Å²) in [6.07, 6.45) is 5.33. The van der Waals surface area contributed by atoms with Crippen LogP contribution in [0.25, 0.3) is 0 Å². The number of hydrogen-bond donors (Lipinski definition) is 2. The van der Waals surface area contributed by atoms with Gasteiger partial charge in [0.25, 0.3) is 0 Å². The number of nitrogens with two attached hydrogens (primary N) is 1. The normalized spacial score (nSPS) is 27.5. The van der Waals surface area contributed by atoms with E-state index in [2.05, 4.69) is 24.1 Å². The summed E-state index contributed by atoms with van der Waals surface area (Å²) in [5.41, 5.74) is 5.93. The van der Waals surface area contributed by atoms with Crippen LogP contribution in [-0.2, 0) is 4.79 Å². The van der Waals surface area contributed by atoms with Crippen molar-refractivity contribution in [1.29, 1.82) is 0 Å². The fourth-order valence-corrected chi connectivity index (χ4v) is 2.99. The van der Waals surface area contributed by atoms with Gasteiger partial charge in [-0.3, -0.25) is 4.79 Å². The maximum atomic E-state index is 12.2. The molecule has 4 nitrogen and oxygen atoms in total. The van der Waals surface area contributed by atoms with Crippen molar-refractivity contribution >= 4 is 5.91 Å². The third-order valence-electron chi connectivity index (χ3n) is 4.29. The van der Waals surface area contributed by atoms with Crippen molar-refractivity contribution in [3.63, 3.8) is 0 Å². The number of rotatable bonds is 7. The Morgan fingerprint density at radius 2 is 2.11 bits per heavy atom. The Bertz CT molecular complexity index is 279. The van der Waals surface area contributed by atoms with E-state index in [0.717, 1.165) is 58.3 Å². The average Bonchev–Trinajstić information content (AvgIpc) is 2.37. The smallest absolute Gasteiger partial charge is 0.225 e. The van der Waals surface area contributed by atoms with Gasteiger partial charge in [-0.15, -0.1) is 0 Å². The van der Waals surface area contributed by atoms with Crippen LogP contribution in [0.4, 0.5) is 0 Å². The first-order valence-electron chi connectivity index (χ1n) is 7.80. The molecule has 19 heavy (non-hydrogen) atoms. The molecule has 1 rings (SSSR count). The molecule has 4 heteroatoms. The third-order valence-corrected chi connectivity index (χ3v) is 4.29. The Morgan fingerprint density at radius 3 is 2.68 bits per heavy atom. The molecule has 1 saturated carbocycles. The largest absolute Gasteiger partial charge is 0.355 e. The predicted octanol–water partition coefficient (Wildman–Crippen LogP) is 1.74. The van der Waals surface area contributed by atoms with E-state index in [9.17, 15) is 4.79 Å². The number of nitrogens with zero attached hydrogens (tertiary/aromatic N) is 1. The summed E-state index contributed by atoms with van der Waals surface area (Å²) in [4.78, 5) is 14.6. The van der Waals surface area contributed by atoms with E-state index in [0.29, 0.717) is 0 Å². The molecular weight excluding hydrogens is 238 g/mol. The molecule has 0 saturated heterocycles. The molecule has 3 N–H and O–H groups in total. The lowest BCUT2D eigenvalue weighted by Gasteiger charge is -2.37. The molecule has 0 bridgehead atoms. The third kappa shape index (κ3) is 5.11. The molecule has 0 aliphatic heterocycles. The molecule has 0 aromatic carbocycles. The zero-order valence-corrected chi connectivity index (χ0v) is 12.9. The quantitative estimate of drug-likeness (QED) is 0.740. The highest BCUT2D eigenvalue weighted by Gasteiger charge is 2.37. The van der Waals surface area contributed by atoms with Crippen LogP contribution >= 0.6 is 0 Å². The molecule has 2 atom stereocenters. The summed E-state index contributed by atoms with van der Waals surface area (Å²) < 4.78 is 0. The van der Waals surface area contributed by atoms with Crippen LogP contribution in [0.1, 0.15) is 52.9 Å². The Morgan fingerprint density at radius 1 is 1.37 bits per heavy atom. The van der Waals surface area contributed by atoms with E-state index in [1.54, 1.807) is 0 Å². The van der Waals surface area contributed by atoms with Crippen molar-refractivity contribution in [2.75, 3.05) is 26.2 Å². The van der Waals surface area contributed by atoms with E-state index in [1.807, 2.05) is 6.92 Å². The second-order valence-corrected chi connectivity index (χ2v) is 6.03. The number of hydrogen-bond acceptors (Lipinski definition) is 3. The second kappa shape index (κ2) is 7.85. The van der Waals surface area contributed by atoms with Crippen molar-refractivity contribution in [3.05, 3.63) is 0 Å². The Hall–Kier alpha value is -0.610. The van der Waals surface area contributed by atoms with Crippen molar-refractivity contribution in [1.82, 2.24) is 10.2 Å². The highest BCUT2D eigenvalue weighted by molar-refractivity contribution is 5.80. The maximum Gasteiger partial charge on any atom is 0.225 e. The summed E-state index contributed by atoms with van der Waals surface area (Å²) in [7, 11) is 0. The summed E-state index contributed by atoms with van der Waals surface area (Å²) in [6.45, 7) is 10.2. The van der Waals surface area contributed by atoms with Crippen molar-refractivity contribution in [2.24, 2.45) is 11.7 Å². The van der Waals surface area contributed by atoms with Crippen molar-refractivity contribution in [2.45, 2.75) is 58.4 Å². The van der Waals surface area contributed by atoms with Crippen molar-refractivity contribution < 1.29 is 4.79 Å². The summed E-state index contributed by atoms with van der Waals surface area (Å²) >= 11 is 0. The fraction of sp³-hybridized carbons (Fsp3) is 0.933. The van der Waals surface area contributed by atoms with Gasteiger partial charge in [-0.25, -0.2) is 0 Å². The first-order valence-corrected chi connectivity index (χ1v) is 7.80. The lowest BCUT2D eigenvalue weighted by atomic mass is 9.74. The number of carbonyl (C=O) groups excluding carboxylic acids is 1. The highest BCUT2D eigenvalue weighted by Crippen LogP contribution is 2.31. The molecule has 0 radical (unpaired) electrons. The van der Waals surface area contributed by atoms with Crippen LogP contribution in [0.2, 0.25) is 0 Å². The van der Waals surface area contributed by atoms with Gasteiger partial charge >= 0.3 is 0 Å². The van der Waals surface area contributed by atoms with Gasteiger partial charge in [-0.1, -0.05) is 26.7 Å². The highest BCUT2D eigenvalue weighted by atomic mass is 16.1. The summed E-state index contributed by atoms with van der Waals surface area (Å²) in [5.74, 6) is 0.139. The van der Waals surface area contributed by atoms with E-state index in [1.165, 1.54) is 0 Å². The van der Waals surface area contributed by atoms with Gasteiger partial charge in [-0.2, -0.15) is 0 Å². The number of carbonyl (C=O) groups is 1. The Labute approximate surface area is 118 Å². The lowest BCUT2D eigenvalue weighted by molar-refractivity contribution is -0.128. The minimum absolute atomic E-state index is 0.0116. The summed E-state index contributed by atoms with van der Waals surface area (Å²) in [6, 6.07) is 0. The van der Waals surface area contributed by atoms with Crippen LogP contribution in [0, 0.1) is 5.92 Å². The minimum Gasteiger partial charge on any atom is -0.355 e. The van der Waals surface area contributed by atoms with E-state index < -0.39 is 0 Å². The molecule has 1 fully saturated rings. The number of likely N-dealkylation sites (N-methyl/N-ethyl adjacent to an activating group) is 1. The predicted molar refractivity (Wildman–Crippen MR) is 80.0 cm³/mol. The van der Waals surface area contributed by atoms with Crippen LogP contribution in [-0.4, -0.2) is 42.5 Å². The average molecular weight is 269 g/mol. The van der Waals surface area contributed by atoms with Crippen molar-refractivity contribution in [3.8, 4) is 0 Å². The second-order valence-electron chi connectivity index (χ2n) is 6.03. The lowest BCUT2D eigenvalue weighted by Crippen LogP contribution is -2.53. The first-order chi connectivity index (χ1) is 9.01. The molecule has 1 aliphatic carbocycles. The van der Waals surface area contributed by atoms with Gasteiger partial charge in [-0.05, 0) is 39.3 Å². The van der Waals surface area contributed by atoms with Crippen LogP contribution in [0.5, 0.6) is 0 Å². The monoisotopic (exact) mass is 269 g/mol. The molecule has 0 spiro atoms. The van der Waals surface area contributed by atoms with Gasteiger partial charge in [0.05, 0.1) is 5.92 Å². The van der Waals surface area contributed by atoms with Gasteiger partial charge < -0.3 is 16.0 Å². The first kappa shape index (κ1) is 16.4. The molecule has 112 valence electrons. The van der Waals surface area contributed by atoms with Crippen LogP contribution in [0.15, 0.2) is 0 Å².